The number of fused-ring (bicyclic) bond motifs is 2. The minimum absolute atomic E-state index is 0.358. The maximum absolute atomic E-state index is 12.4. The zero-order chi connectivity index (χ0) is 18.1. The molecule has 2 amide bonds. The van der Waals surface area contributed by atoms with Crippen molar-refractivity contribution in [2.45, 2.75) is 6.92 Å². The Morgan fingerprint density at radius 2 is 1.81 bits per heavy atom. The molecule has 0 saturated carbocycles. The van der Waals surface area contributed by atoms with Gasteiger partial charge in [-0.2, -0.15) is 0 Å². The van der Waals surface area contributed by atoms with Gasteiger partial charge in [-0.05, 0) is 37.3 Å². The van der Waals surface area contributed by atoms with Crippen LogP contribution in [0.25, 0.3) is 5.52 Å². The topological polar surface area (TPSA) is 94.0 Å². The fourth-order valence-electron chi connectivity index (χ4n) is 2.81. The van der Waals surface area contributed by atoms with Gasteiger partial charge in [-0.1, -0.05) is 0 Å². The molecule has 0 fully saturated rings. The van der Waals surface area contributed by atoms with Gasteiger partial charge < -0.3 is 13.9 Å². The molecule has 0 unspecified atom stereocenters. The van der Waals surface area contributed by atoms with E-state index in [1.807, 2.05) is 6.92 Å². The van der Waals surface area contributed by atoms with Crippen molar-refractivity contribution < 1.29 is 19.1 Å². The zero-order valence-electron chi connectivity index (χ0n) is 14.0. The molecule has 3 aromatic rings. The fraction of sp³-hybridized carbons (Fsp3) is 0.167. The third kappa shape index (κ3) is 2.81. The molecule has 0 aliphatic carbocycles. The highest BCUT2D eigenvalue weighted by atomic mass is 16.6. The summed E-state index contributed by atoms with van der Waals surface area (Å²) in [6, 6.07) is 8.34. The van der Waals surface area contributed by atoms with Crippen molar-refractivity contribution in [1.29, 1.82) is 0 Å². The monoisotopic (exact) mass is 352 g/mol. The van der Waals surface area contributed by atoms with Crippen molar-refractivity contribution in [3.63, 3.8) is 0 Å². The molecular weight excluding hydrogens is 336 g/mol. The lowest BCUT2D eigenvalue weighted by Gasteiger charge is -2.18. The largest absolute Gasteiger partial charge is 0.486 e. The Hall–Kier alpha value is -3.55. The second-order valence-corrected chi connectivity index (χ2v) is 5.79. The molecule has 0 atom stereocenters. The third-order valence-electron chi connectivity index (χ3n) is 4.18. The summed E-state index contributed by atoms with van der Waals surface area (Å²) in [6.07, 6.45) is 3.34. The summed E-state index contributed by atoms with van der Waals surface area (Å²) in [6.45, 7) is 2.73. The lowest BCUT2D eigenvalue weighted by molar-refractivity contribution is 0.0845. The molecule has 8 nitrogen and oxygen atoms in total. The van der Waals surface area contributed by atoms with E-state index < -0.39 is 11.8 Å². The quantitative estimate of drug-likeness (QED) is 0.682. The Bertz CT molecular complexity index is 1010. The summed E-state index contributed by atoms with van der Waals surface area (Å²) in [4.78, 5) is 28.7. The molecule has 4 rings (SSSR count). The van der Waals surface area contributed by atoms with Crippen LogP contribution >= 0.6 is 0 Å². The van der Waals surface area contributed by atoms with Gasteiger partial charge in [0.2, 0.25) is 0 Å². The number of hydrazine groups is 1. The minimum Gasteiger partial charge on any atom is -0.486 e. The van der Waals surface area contributed by atoms with E-state index in [1.54, 1.807) is 47.3 Å². The number of carbonyl (C=O) groups is 2. The van der Waals surface area contributed by atoms with Crippen molar-refractivity contribution in [1.82, 2.24) is 20.2 Å². The van der Waals surface area contributed by atoms with E-state index in [-0.39, 0.29) is 0 Å². The first-order chi connectivity index (χ1) is 12.6. The highest BCUT2D eigenvalue weighted by Gasteiger charge is 2.16. The van der Waals surface area contributed by atoms with E-state index in [2.05, 4.69) is 15.8 Å². The second kappa shape index (κ2) is 6.40. The first-order valence-corrected chi connectivity index (χ1v) is 8.05. The maximum Gasteiger partial charge on any atom is 0.271 e. The van der Waals surface area contributed by atoms with Crippen LogP contribution in [-0.4, -0.2) is 34.4 Å². The van der Waals surface area contributed by atoms with Gasteiger partial charge in [0.05, 0.1) is 23.6 Å². The van der Waals surface area contributed by atoms with Crippen LogP contribution < -0.4 is 20.3 Å². The van der Waals surface area contributed by atoms with E-state index in [1.165, 1.54) is 0 Å². The van der Waals surface area contributed by atoms with Crippen molar-refractivity contribution in [2.24, 2.45) is 0 Å². The van der Waals surface area contributed by atoms with Crippen molar-refractivity contribution in [2.75, 3.05) is 13.2 Å². The SMILES string of the molecule is Cc1c(C(=O)NNC(=O)c2ccc3c(c2)OCCO3)ccc2cncn12. The Balaban J connectivity index is 1.46. The van der Waals surface area contributed by atoms with Gasteiger partial charge in [0.25, 0.3) is 11.8 Å². The van der Waals surface area contributed by atoms with Gasteiger partial charge in [0.1, 0.15) is 13.2 Å². The number of nitrogens with zero attached hydrogens (tertiary/aromatic N) is 2. The van der Waals surface area contributed by atoms with Crippen LogP contribution in [0.5, 0.6) is 11.5 Å². The van der Waals surface area contributed by atoms with Crippen LogP contribution in [-0.2, 0) is 0 Å². The Morgan fingerprint density at radius 1 is 1.04 bits per heavy atom. The predicted molar refractivity (Wildman–Crippen MR) is 92.3 cm³/mol. The Kier molecular flexibility index (Phi) is 3.92. The lowest BCUT2D eigenvalue weighted by atomic mass is 10.2. The van der Waals surface area contributed by atoms with E-state index in [0.717, 1.165) is 11.2 Å². The molecule has 0 bridgehead atoms. The maximum atomic E-state index is 12.4. The van der Waals surface area contributed by atoms with Crippen LogP contribution in [0.3, 0.4) is 0 Å². The van der Waals surface area contributed by atoms with Crippen LogP contribution in [0, 0.1) is 6.92 Å². The molecular formula is C18H16N4O4. The van der Waals surface area contributed by atoms with Gasteiger partial charge >= 0.3 is 0 Å². The first-order valence-electron chi connectivity index (χ1n) is 8.05. The standard InChI is InChI=1S/C18H16N4O4/c1-11-14(4-3-13-9-19-10-22(11)13)18(24)21-20-17(23)12-2-5-15-16(8-12)26-7-6-25-15/h2-5,8-10H,6-7H2,1H3,(H,20,23)(H,21,24). The summed E-state index contributed by atoms with van der Waals surface area (Å²) in [5.41, 5.74) is 7.26. The summed E-state index contributed by atoms with van der Waals surface area (Å²) in [7, 11) is 0. The molecule has 1 aliphatic heterocycles. The number of benzene rings is 1. The number of aromatic nitrogens is 2. The Labute approximate surface area is 148 Å². The second-order valence-electron chi connectivity index (χ2n) is 5.79. The number of rotatable bonds is 2. The van der Waals surface area contributed by atoms with E-state index in [4.69, 9.17) is 9.47 Å². The van der Waals surface area contributed by atoms with Crippen molar-refractivity contribution >= 4 is 17.3 Å². The van der Waals surface area contributed by atoms with Crippen molar-refractivity contribution in [3.8, 4) is 11.5 Å². The molecule has 26 heavy (non-hydrogen) atoms. The molecule has 1 aliphatic rings. The minimum atomic E-state index is -0.448. The molecule has 2 N–H and O–H groups in total. The number of hydrogen-bond acceptors (Lipinski definition) is 5. The highest BCUT2D eigenvalue weighted by molar-refractivity contribution is 6.00. The summed E-state index contributed by atoms with van der Waals surface area (Å²) in [5, 5.41) is 0. The number of ether oxygens (including phenoxy) is 2. The predicted octanol–water partition coefficient (Wildman–Crippen LogP) is 1.49. The average molecular weight is 352 g/mol. The Morgan fingerprint density at radius 3 is 2.65 bits per heavy atom. The highest BCUT2D eigenvalue weighted by Crippen LogP contribution is 2.30. The van der Waals surface area contributed by atoms with Gasteiger partial charge in [-0.15, -0.1) is 0 Å². The molecule has 132 valence electrons. The van der Waals surface area contributed by atoms with Crippen LogP contribution in [0.4, 0.5) is 0 Å². The number of aryl methyl sites for hydroxylation is 1. The smallest absolute Gasteiger partial charge is 0.271 e. The summed E-state index contributed by atoms with van der Waals surface area (Å²) < 4.78 is 12.7. The van der Waals surface area contributed by atoms with Crippen LogP contribution in [0.2, 0.25) is 0 Å². The van der Waals surface area contributed by atoms with Gasteiger partial charge in [-0.25, -0.2) is 4.98 Å². The molecule has 8 heteroatoms. The molecule has 0 saturated heterocycles. The third-order valence-corrected chi connectivity index (χ3v) is 4.18. The lowest BCUT2D eigenvalue weighted by Crippen LogP contribution is -2.42. The van der Waals surface area contributed by atoms with Gasteiger partial charge in [-0.3, -0.25) is 20.4 Å². The average Bonchev–Trinajstić information content (AvgIpc) is 3.15. The first kappa shape index (κ1) is 15.9. The van der Waals surface area contributed by atoms with Gasteiger partial charge in [0, 0.05) is 11.3 Å². The van der Waals surface area contributed by atoms with E-state index in [9.17, 15) is 9.59 Å². The number of hydrogen-bond donors (Lipinski definition) is 2. The number of amides is 2. The number of carbonyl (C=O) groups excluding carboxylic acids is 2. The normalized spacial score (nSPS) is 12.7. The molecule has 2 aromatic heterocycles. The van der Waals surface area contributed by atoms with Gasteiger partial charge in [0.15, 0.2) is 11.5 Å². The number of pyridine rings is 1. The number of imidazole rings is 1. The number of nitrogens with one attached hydrogen (secondary N) is 2. The molecule has 0 radical (unpaired) electrons. The zero-order valence-corrected chi connectivity index (χ0v) is 14.0. The van der Waals surface area contributed by atoms with Crippen LogP contribution in [0.1, 0.15) is 26.4 Å². The molecule has 0 spiro atoms. The van der Waals surface area contributed by atoms with Crippen LogP contribution in [0.15, 0.2) is 42.9 Å². The summed E-state index contributed by atoms with van der Waals surface area (Å²) >= 11 is 0. The molecule has 3 heterocycles. The summed E-state index contributed by atoms with van der Waals surface area (Å²) in [5.74, 6) is 0.249. The van der Waals surface area contributed by atoms with E-state index in [0.29, 0.717) is 35.8 Å². The van der Waals surface area contributed by atoms with Crippen molar-refractivity contribution in [3.05, 3.63) is 59.7 Å². The molecule has 1 aromatic carbocycles. The fourth-order valence-corrected chi connectivity index (χ4v) is 2.81. The van der Waals surface area contributed by atoms with E-state index >= 15 is 0 Å².